The van der Waals surface area contributed by atoms with Crippen LogP contribution in [0.25, 0.3) is 0 Å². The maximum atomic E-state index is 10.7. The third-order valence-corrected chi connectivity index (χ3v) is 1.06. The minimum Gasteiger partial charge on any atom is -0.394 e. The Bertz CT molecular complexity index is 122. The van der Waals surface area contributed by atoms with Crippen LogP contribution in [0, 0.1) is 6.42 Å². The molecule has 4 heteroatoms. The van der Waals surface area contributed by atoms with Gasteiger partial charge in [0.25, 0.3) is 0 Å². The molecule has 0 fully saturated rings. The predicted octanol–water partition coefficient (Wildman–Crippen LogP) is -1.12. The molecule has 11 heavy (non-hydrogen) atoms. The van der Waals surface area contributed by atoms with E-state index in [9.17, 15) is 4.79 Å². The van der Waals surface area contributed by atoms with E-state index < -0.39 is 18.8 Å². The molecule has 0 heterocycles. The van der Waals surface area contributed by atoms with Crippen LogP contribution in [0.1, 0.15) is 13.3 Å². The summed E-state index contributed by atoms with van der Waals surface area (Å²) in [5.74, 6) is -0.360. The maximum Gasteiger partial charge on any atom is 0.142 e. The van der Waals surface area contributed by atoms with Crippen molar-refractivity contribution in [2.45, 2.75) is 25.6 Å². The van der Waals surface area contributed by atoms with E-state index in [0.717, 1.165) is 6.42 Å². The highest BCUT2D eigenvalue weighted by Crippen LogP contribution is 1.97. The van der Waals surface area contributed by atoms with Crippen LogP contribution in [-0.2, 0) is 4.79 Å². The molecule has 0 rings (SSSR count). The SMILES string of the molecule is CC(O)CC(=O)[CH]C(O)CO. The summed E-state index contributed by atoms with van der Waals surface area (Å²) in [6.45, 7) is 1.02. The van der Waals surface area contributed by atoms with Crippen molar-refractivity contribution in [2.75, 3.05) is 6.61 Å². The molecule has 0 spiro atoms. The number of Topliss-reactive ketones (excluding diaryl/α,β-unsaturated/α-hetero) is 1. The number of carbonyl (C=O) groups is 1. The number of aliphatic hydroxyl groups is 3. The molecule has 0 bridgehead atoms. The Morgan fingerprint density at radius 2 is 2.09 bits per heavy atom. The molecule has 0 aromatic heterocycles. The lowest BCUT2D eigenvalue weighted by Crippen LogP contribution is -2.20. The third kappa shape index (κ3) is 5.97. The first-order chi connectivity index (χ1) is 5.06. The van der Waals surface area contributed by atoms with Crippen molar-refractivity contribution >= 4 is 5.78 Å². The molecular formula is C7H13O4. The zero-order chi connectivity index (χ0) is 8.85. The first-order valence-corrected chi connectivity index (χ1v) is 3.41. The Balaban J connectivity index is 3.52. The van der Waals surface area contributed by atoms with Gasteiger partial charge in [0, 0.05) is 6.42 Å². The third-order valence-electron chi connectivity index (χ3n) is 1.06. The van der Waals surface area contributed by atoms with Gasteiger partial charge in [0.1, 0.15) is 5.78 Å². The predicted molar refractivity (Wildman–Crippen MR) is 38.7 cm³/mol. The molecule has 0 aromatic carbocycles. The second-order valence-corrected chi connectivity index (χ2v) is 2.44. The normalized spacial score (nSPS) is 16.0. The first kappa shape index (κ1) is 10.6. The van der Waals surface area contributed by atoms with E-state index in [1.165, 1.54) is 6.92 Å². The zero-order valence-corrected chi connectivity index (χ0v) is 6.40. The molecule has 0 aliphatic rings. The van der Waals surface area contributed by atoms with E-state index in [0.29, 0.717) is 0 Å². The molecule has 0 aromatic rings. The lowest BCUT2D eigenvalue weighted by atomic mass is 10.1. The molecule has 65 valence electrons. The lowest BCUT2D eigenvalue weighted by molar-refractivity contribution is -0.118. The molecule has 1 radical (unpaired) electrons. The van der Waals surface area contributed by atoms with E-state index in [-0.39, 0.29) is 12.2 Å². The van der Waals surface area contributed by atoms with Gasteiger partial charge in [-0.3, -0.25) is 4.79 Å². The molecule has 4 nitrogen and oxygen atoms in total. The van der Waals surface area contributed by atoms with Crippen molar-refractivity contribution in [1.82, 2.24) is 0 Å². The second-order valence-electron chi connectivity index (χ2n) is 2.44. The minimum atomic E-state index is -1.11. The Morgan fingerprint density at radius 1 is 1.55 bits per heavy atom. The smallest absolute Gasteiger partial charge is 0.142 e. The van der Waals surface area contributed by atoms with E-state index in [4.69, 9.17) is 15.3 Å². The molecule has 0 saturated heterocycles. The quantitative estimate of drug-likeness (QED) is 0.477. The number of aliphatic hydroxyl groups excluding tert-OH is 3. The van der Waals surface area contributed by atoms with Crippen molar-refractivity contribution in [2.24, 2.45) is 0 Å². The zero-order valence-electron chi connectivity index (χ0n) is 6.40. The van der Waals surface area contributed by atoms with Gasteiger partial charge in [-0.15, -0.1) is 0 Å². The van der Waals surface area contributed by atoms with E-state index in [2.05, 4.69) is 0 Å². The number of hydrogen-bond acceptors (Lipinski definition) is 4. The van der Waals surface area contributed by atoms with Gasteiger partial charge in [-0.2, -0.15) is 0 Å². The lowest BCUT2D eigenvalue weighted by Gasteiger charge is -2.06. The van der Waals surface area contributed by atoms with Crippen LogP contribution in [0.5, 0.6) is 0 Å². The molecule has 0 aliphatic carbocycles. The van der Waals surface area contributed by atoms with Crippen LogP contribution in [0.2, 0.25) is 0 Å². The second kappa shape index (κ2) is 5.23. The fourth-order valence-corrected chi connectivity index (χ4v) is 0.626. The highest BCUT2D eigenvalue weighted by molar-refractivity contribution is 5.87. The van der Waals surface area contributed by atoms with Gasteiger partial charge < -0.3 is 15.3 Å². The average Bonchev–Trinajstić information content (AvgIpc) is 1.85. The van der Waals surface area contributed by atoms with Gasteiger partial charge in [0.2, 0.25) is 0 Å². The Labute approximate surface area is 65.5 Å². The van der Waals surface area contributed by atoms with Crippen LogP contribution in [0.15, 0.2) is 0 Å². The standard InChI is InChI=1S/C7H13O4/c1-5(9)2-6(10)3-7(11)4-8/h3,5,7-9,11H,2,4H2,1H3. The van der Waals surface area contributed by atoms with Crippen molar-refractivity contribution in [3.8, 4) is 0 Å². The molecule has 0 saturated carbocycles. The molecule has 3 N–H and O–H groups in total. The minimum absolute atomic E-state index is 0.0168. The van der Waals surface area contributed by atoms with Crippen molar-refractivity contribution in [1.29, 1.82) is 0 Å². The van der Waals surface area contributed by atoms with Crippen molar-refractivity contribution in [3.05, 3.63) is 6.42 Å². The summed E-state index contributed by atoms with van der Waals surface area (Å²) in [5, 5.41) is 25.8. The summed E-state index contributed by atoms with van der Waals surface area (Å²) in [5.41, 5.74) is 0. The van der Waals surface area contributed by atoms with E-state index in [1.807, 2.05) is 0 Å². The highest BCUT2D eigenvalue weighted by atomic mass is 16.3. The Hall–Kier alpha value is -0.450. The van der Waals surface area contributed by atoms with Crippen LogP contribution >= 0.6 is 0 Å². The van der Waals surface area contributed by atoms with Crippen LogP contribution in [0.4, 0.5) is 0 Å². The summed E-state index contributed by atoms with van der Waals surface area (Å²) >= 11 is 0. The molecule has 0 amide bonds. The molecule has 2 unspecified atom stereocenters. The molecule has 0 aliphatic heterocycles. The molecular weight excluding hydrogens is 148 g/mol. The number of rotatable bonds is 5. The average molecular weight is 161 g/mol. The van der Waals surface area contributed by atoms with Gasteiger partial charge in [-0.1, -0.05) is 0 Å². The van der Waals surface area contributed by atoms with Gasteiger partial charge in [-0.05, 0) is 6.92 Å². The number of hydrogen-bond donors (Lipinski definition) is 3. The highest BCUT2D eigenvalue weighted by Gasteiger charge is 2.11. The largest absolute Gasteiger partial charge is 0.394 e. The van der Waals surface area contributed by atoms with Gasteiger partial charge in [0.15, 0.2) is 0 Å². The summed E-state index contributed by atoms with van der Waals surface area (Å²) in [6, 6.07) is 0. The van der Waals surface area contributed by atoms with Crippen LogP contribution in [-0.4, -0.2) is 39.9 Å². The van der Waals surface area contributed by atoms with E-state index in [1.54, 1.807) is 0 Å². The van der Waals surface area contributed by atoms with Crippen LogP contribution in [0.3, 0.4) is 0 Å². The summed E-state index contributed by atoms with van der Waals surface area (Å²) in [7, 11) is 0. The number of ketones is 1. The topological polar surface area (TPSA) is 77.8 Å². The van der Waals surface area contributed by atoms with Gasteiger partial charge >= 0.3 is 0 Å². The fourth-order valence-electron chi connectivity index (χ4n) is 0.626. The summed E-state index contributed by atoms with van der Waals surface area (Å²) < 4.78 is 0. The fraction of sp³-hybridized carbons (Fsp3) is 0.714. The Kier molecular flexibility index (Phi) is 5.02. The monoisotopic (exact) mass is 161 g/mol. The van der Waals surface area contributed by atoms with Gasteiger partial charge in [0.05, 0.1) is 25.2 Å². The maximum absolute atomic E-state index is 10.7. The molecule has 2 atom stereocenters. The van der Waals surface area contributed by atoms with Gasteiger partial charge in [-0.25, -0.2) is 0 Å². The number of carbonyl (C=O) groups excluding carboxylic acids is 1. The Morgan fingerprint density at radius 3 is 2.45 bits per heavy atom. The van der Waals surface area contributed by atoms with Crippen molar-refractivity contribution < 1.29 is 20.1 Å². The van der Waals surface area contributed by atoms with E-state index >= 15 is 0 Å². The van der Waals surface area contributed by atoms with Crippen molar-refractivity contribution in [3.63, 3.8) is 0 Å². The van der Waals surface area contributed by atoms with Crippen LogP contribution < -0.4 is 0 Å². The summed E-state index contributed by atoms with van der Waals surface area (Å²) in [6.07, 6.45) is -0.838. The summed E-state index contributed by atoms with van der Waals surface area (Å²) in [4.78, 5) is 10.7. The first-order valence-electron chi connectivity index (χ1n) is 3.41.